The minimum Gasteiger partial charge on any atom is -0.372 e. The molecule has 4 nitrogen and oxygen atoms in total. The van der Waals surface area contributed by atoms with Gasteiger partial charge in [0.1, 0.15) is 5.82 Å². The number of aromatic nitrogens is 2. The molecule has 1 heterocycles. The van der Waals surface area contributed by atoms with E-state index in [1.165, 1.54) is 11.1 Å². The molecule has 1 aromatic carbocycles. The molecule has 0 spiro atoms. The minimum atomic E-state index is 0.725. The van der Waals surface area contributed by atoms with Gasteiger partial charge in [-0.1, -0.05) is 15.9 Å². The van der Waals surface area contributed by atoms with Crippen molar-refractivity contribution in [3.05, 3.63) is 40.1 Å². The SMILES string of the molecule is CNc1cncc(Nc2cc(C)c(Br)c(C)c2)n1. The fourth-order valence-corrected chi connectivity index (χ4v) is 1.94. The molecule has 0 fully saturated rings. The van der Waals surface area contributed by atoms with Crippen molar-refractivity contribution in [1.82, 2.24) is 9.97 Å². The Labute approximate surface area is 115 Å². The molecule has 0 amide bonds. The molecule has 0 unspecified atom stereocenters. The Bertz CT molecular complexity index is 546. The van der Waals surface area contributed by atoms with Crippen molar-refractivity contribution in [1.29, 1.82) is 0 Å². The van der Waals surface area contributed by atoms with Gasteiger partial charge >= 0.3 is 0 Å². The standard InChI is InChI=1S/C13H15BrN4/c1-8-4-10(5-9(2)13(8)14)17-12-7-16-6-11(15-3)18-12/h4-7H,1-3H3,(H2,15,17,18). The lowest BCUT2D eigenvalue weighted by Crippen LogP contribution is -1.99. The number of aryl methyl sites for hydroxylation is 2. The lowest BCUT2D eigenvalue weighted by molar-refractivity contribution is 1.18. The topological polar surface area (TPSA) is 49.8 Å². The van der Waals surface area contributed by atoms with Gasteiger partial charge in [0, 0.05) is 17.2 Å². The predicted molar refractivity (Wildman–Crippen MR) is 78.5 cm³/mol. The molecule has 1 aromatic heterocycles. The Hall–Kier alpha value is -1.62. The van der Waals surface area contributed by atoms with Crippen LogP contribution >= 0.6 is 15.9 Å². The lowest BCUT2D eigenvalue weighted by Gasteiger charge is -2.10. The Morgan fingerprint density at radius 2 is 1.67 bits per heavy atom. The molecule has 0 saturated carbocycles. The lowest BCUT2D eigenvalue weighted by atomic mass is 10.1. The van der Waals surface area contributed by atoms with E-state index in [1.807, 2.05) is 7.05 Å². The molecular formula is C13H15BrN4. The van der Waals surface area contributed by atoms with Crippen molar-refractivity contribution >= 4 is 33.3 Å². The summed E-state index contributed by atoms with van der Waals surface area (Å²) in [4.78, 5) is 8.49. The van der Waals surface area contributed by atoms with Crippen molar-refractivity contribution in [2.75, 3.05) is 17.7 Å². The van der Waals surface area contributed by atoms with Gasteiger partial charge in [0.2, 0.25) is 0 Å². The molecule has 0 radical (unpaired) electrons. The number of hydrogen-bond acceptors (Lipinski definition) is 4. The first-order valence-corrected chi connectivity index (χ1v) is 6.43. The molecule has 0 saturated heterocycles. The van der Waals surface area contributed by atoms with Crippen LogP contribution in [0.4, 0.5) is 17.3 Å². The van der Waals surface area contributed by atoms with Crippen LogP contribution in [0.3, 0.4) is 0 Å². The molecule has 0 atom stereocenters. The molecule has 0 bridgehead atoms. The van der Waals surface area contributed by atoms with Crippen molar-refractivity contribution in [3.63, 3.8) is 0 Å². The summed E-state index contributed by atoms with van der Waals surface area (Å²) in [7, 11) is 1.82. The summed E-state index contributed by atoms with van der Waals surface area (Å²) in [6.07, 6.45) is 3.39. The van der Waals surface area contributed by atoms with Crippen molar-refractivity contribution in [2.45, 2.75) is 13.8 Å². The van der Waals surface area contributed by atoms with Crippen molar-refractivity contribution in [3.8, 4) is 0 Å². The molecule has 0 aliphatic carbocycles. The maximum Gasteiger partial charge on any atom is 0.151 e. The van der Waals surface area contributed by atoms with E-state index in [0.29, 0.717) is 0 Å². The zero-order valence-corrected chi connectivity index (χ0v) is 12.2. The Balaban J connectivity index is 2.28. The highest BCUT2D eigenvalue weighted by atomic mass is 79.9. The molecule has 2 aromatic rings. The molecule has 2 N–H and O–H groups in total. The predicted octanol–water partition coefficient (Wildman–Crippen LogP) is 3.64. The fourth-order valence-electron chi connectivity index (χ4n) is 1.71. The molecule has 5 heteroatoms. The van der Waals surface area contributed by atoms with Crippen LogP contribution in [0.2, 0.25) is 0 Å². The van der Waals surface area contributed by atoms with E-state index in [2.05, 4.69) is 62.5 Å². The van der Waals surface area contributed by atoms with E-state index in [0.717, 1.165) is 21.8 Å². The summed E-state index contributed by atoms with van der Waals surface area (Å²) < 4.78 is 1.14. The molecule has 0 aliphatic rings. The highest BCUT2D eigenvalue weighted by Crippen LogP contribution is 2.26. The zero-order chi connectivity index (χ0) is 13.1. The molecule has 94 valence electrons. The average molecular weight is 307 g/mol. The summed E-state index contributed by atoms with van der Waals surface area (Å²) in [5.74, 6) is 1.47. The van der Waals surface area contributed by atoms with Gasteiger partial charge in [0.25, 0.3) is 0 Å². The highest BCUT2D eigenvalue weighted by Gasteiger charge is 2.03. The van der Waals surface area contributed by atoms with Crippen LogP contribution in [0, 0.1) is 13.8 Å². The van der Waals surface area contributed by atoms with E-state index in [4.69, 9.17) is 0 Å². The van der Waals surface area contributed by atoms with E-state index >= 15 is 0 Å². The van der Waals surface area contributed by atoms with Crippen LogP contribution < -0.4 is 10.6 Å². The van der Waals surface area contributed by atoms with Crippen molar-refractivity contribution in [2.24, 2.45) is 0 Å². The smallest absolute Gasteiger partial charge is 0.151 e. The number of nitrogens with one attached hydrogen (secondary N) is 2. The third-order valence-electron chi connectivity index (χ3n) is 2.60. The summed E-state index contributed by atoms with van der Waals surface area (Å²) in [6.45, 7) is 4.13. The Morgan fingerprint density at radius 3 is 2.28 bits per heavy atom. The first-order valence-electron chi connectivity index (χ1n) is 5.63. The third-order valence-corrected chi connectivity index (χ3v) is 3.85. The number of anilines is 3. The normalized spacial score (nSPS) is 10.2. The number of benzene rings is 1. The van der Waals surface area contributed by atoms with Crippen LogP contribution in [-0.4, -0.2) is 17.0 Å². The average Bonchev–Trinajstić information content (AvgIpc) is 2.36. The number of hydrogen-bond donors (Lipinski definition) is 2. The van der Waals surface area contributed by atoms with E-state index < -0.39 is 0 Å². The first kappa shape index (κ1) is 12.8. The third kappa shape index (κ3) is 2.79. The van der Waals surface area contributed by atoms with Gasteiger partial charge in [-0.05, 0) is 37.1 Å². The van der Waals surface area contributed by atoms with Gasteiger partial charge < -0.3 is 10.6 Å². The van der Waals surface area contributed by atoms with Crippen LogP contribution in [-0.2, 0) is 0 Å². The van der Waals surface area contributed by atoms with Crippen LogP contribution in [0.25, 0.3) is 0 Å². The molecule has 0 aliphatic heterocycles. The Kier molecular flexibility index (Phi) is 3.81. The Morgan fingerprint density at radius 1 is 1.06 bits per heavy atom. The second kappa shape index (κ2) is 5.35. The number of halogens is 1. The van der Waals surface area contributed by atoms with Gasteiger partial charge in [0.15, 0.2) is 5.82 Å². The molecule has 18 heavy (non-hydrogen) atoms. The summed E-state index contributed by atoms with van der Waals surface area (Å²) in [5.41, 5.74) is 3.39. The van der Waals surface area contributed by atoms with Crippen LogP contribution in [0.15, 0.2) is 29.0 Å². The number of rotatable bonds is 3. The quantitative estimate of drug-likeness (QED) is 0.909. The number of nitrogens with zero attached hydrogens (tertiary/aromatic N) is 2. The van der Waals surface area contributed by atoms with E-state index in [-0.39, 0.29) is 0 Å². The van der Waals surface area contributed by atoms with E-state index in [1.54, 1.807) is 12.4 Å². The van der Waals surface area contributed by atoms with Gasteiger partial charge in [0.05, 0.1) is 12.4 Å². The van der Waals surface area contributed by atoms with Crippen molar-refractivity contribution < 1.29 is 0 Å². The maximum atomic E-state index is 4.37. The minimum absolute atomic E-state index is 0.725. The van der Waals surface area contributed by atoms with Crippen LogP contribution in [0.1, 0.15) is 11.1 Å². The highest BCUT2D eigenvalue weighted by molar-refractivity contribution is 9.10. The summed E-state index contributed by atoms with van der Waals surface area (Å²) >= 11 is 3.56. The van der Waals surface area contributed by atoms with Gasteiger partial charge in [-0.2, -0.15) is 0 Å². The molecular weight excluding hydrogens is 292 g/mol. The van der Waals surface area contributed by atoms with Crippen LogP contribution in [0.5, 0.6) is 0 Å². The summed E-state index contributed by atoms with van der Waals surface area (Å²) in [6, 6.07) is 4.15. The first-order chi connectivity index (χ1) is 8.60. The van der Waals surface area contributed by atoms with Gasteiger partial charge in [-0.15, -0.1) is 0 Å². The summed E-state index contributed by atoms with van der Waals surface area (Å²) in [5, 5.41) is 6.22. The monoisotopic (exact) mass is 306 g/mol. The maximum absolute atomic E-state index is 4.37. The van der Waals surface area contributed by atoms with Gasteiger partial charge in [-0.25, -0.2) is 4.98 Å². The second-order valence-corrected chi connectivity index (χ2v) is 4.88. The fraction of sp³-hybridized carbons (Fsp3) is 0.231. The molecule has 2 rings (SSSR count). The van der Waals surface area contributed by atoms with Gasteiger partial charge in [-0.3, -0.25) is 4.98 Å². The van der Waals surface area contributed by atoms with E-state index in [9.17, 15) is 0 Å². The second-order valence-electron chi connectivity index (χ2n) is 4.09. The zero-order valence-electron chi connectivity index (χ0n) is 10.6. The largest absolute Gasteiger partial charge is 0.372 e.